The van der Waals surface area contributed by atoms with E-state index < -0.39 is 0 Å². The van der Waals surface area contributed by atoms with E-state index in [1.807, 2.05) is 51.4 Å². The molecular weight excluding hydrogens is 330 g/mol. The summed E-state index contributed by atoms with van der Waals surface area (Å²) in [4.78, 5) is 14.2. The molecule has 0 saturated heterocycles. The van der Waals surface area contributed by atoms with Crippen LogP contribution in [0.2, 0.25) is 0 Å². The summed E-state index contributed by atoms with van der Waals surface area (Å²) in [6, 6.07) is 9.50. The topological polar surface area (TPSA) is 65.2 Å². The van der Waals surface area contributed by atoms with Crippen molar-refractivity contribution in [2.75, 3.05) is 7.05 Å². The molecule has 0 aliphatic heterocycles. The standard InChI is InChI=1S/C19H23N5O2/c1-14-7-5-6-8-18(14)26-13-24-10-9-17(21-24)19(25)22(3)11-16-12-23(4)20-15(16)2/h5-10,12H,11,13H2,1-4H3. The lowest BCUT2D eigenvalue weighted by molar-refractivity contribution is 0.0777. The fourth-order valence-electron chi connectivity index (χ4n) is 2.73. The predicted molar refractivity (Wildman–Crippen MR) is 97.8 cm³/mol. The van der Waals surface area contributed by atoms with Crippen molar-refractivity contribution in [2.45, 2.75) is 27.1 Å². The Bertz CT molecular complexity index is 912. The Morgan fingerprint density at radius 3 is 2.65 bits per heavy atom. The number of aromatic nitrogens is 4. The summed E-state index contributed by atoms with van der Waals surface area (Å²) in [6.45, 7) is 4.67. The molecule has 0 fully saturated rings. The molecule has 0 saturated carbocycles. The van der Waals surface area contributed by atoms with Crippen LogP contribution in [0.15, 0.2) is 42.7 Å². The van der Waals surface area contributed by atoms with Crippen LogP contribution in [0.4, 0.5) is 0 Å². The van der Waals surface area contributed by atoms with E-state index in [4.69, 9.17) is 4.74 Å². The first-order valence-corrected chi connectivity index (χ1v) is 8.40. The van der Waals surface area contributed by atoms with Crippen LogP contribution < -0.4 is 4.74 Å². The van der Waals surface area contributed by atoms with Gasteiger partial charge in [-0.05, 0) is 31.5 Å². The van der Waals surface area contributed by atoms with E-state index in [-0.39, 0.29) is 12.6 Å². The second-order valence-electron chi connectivity index (χ2n) is 6.35. The summed E-state index contributed by atoms with van der Waals surface area (Å²) in [5, 5.41) is 8.63. The van der Waals surface area contributed by atoms with Crippen molar-refractivity contribution >= 4 is 5.91 Å². The number of nitrogens with zero attached hydrogens (tertiary/aromatic N) is 5. The quantitative estimate of drug-likeness (QED) is 0.683. The first-order chi connectivity index (χ1) is 12.4. The van der Waals surface area contributed by atoms with E-state index in [2.05, 4.69) is 10.2 Å². The lowest BCUT2D eigenvalue weighted by atomic mass is 10.2. The Balaban J connectivity index is 1.62. The number of aryl methyl sites for hydroxylation is 3. The second-order valence-corrected chi connectivity index (χ2v) is 6.35. The minimum absolute atomic E-state index is 0.136. The molecule has 7 nitrogen and oxygen atoms in total. The Morgan fingerprint density at radius 1 is 1.19 bits per heavy atom. The number of carbonyl (C=O) groups excluding carboxylic acids is 1. The number of rotatable bonds is 6. The number of hydrogen-bond donors (Lipinski definition) is 0. The van der Waals surface area contributed by atoms with Gasteiger partial charge in [-0.1, -0.05) is 18.2 Å². The van der Waals surface area contributed by atoms with E-state index in [1.54, 1.807) is 33.6 Å². The zero-order chi connectivity index (χ0) is 18.7. The summed E-state index contributed by atoms with van der Waals surface area (Å²) in [5.41, 5.74) is 3.39. The van der Waals surface area contributed by atoms with Crippen molar-refractivity contribution < 1.29 is 9.53 Å². The molecule has 0 N–H and O–H groups in total. The molecule has 0 spiro atoms. The van der Waals surface area contributed by atoms with Gasteiger partial charge in [-0.2, -0.15) is 10.2 Å². The molecule has 0 aliphatic carbocycles. The Kier molecular flexibility index (Phi) is 5.06. The summed E-state index contributed by atoms with van der Waals surface area (Å²) in [6.07, 6.45) is 3.67. The molecule has 3 aromatic rings. The molecule has 0 aliphatic rings. The maximum atomic E-state index is 12.6. The monoisotopic (exact) mass is 353 g/mol. The lowest BCUT2D eigenvalue weighted by Crippen LogP contribution is -2.27. The molecule has 0 atom stereocenters. The van der Waals surface area contributed by atoms with Crippen LogP contribution in [0.5, 0.6) is 5.75 Å². The van der Waals surface area contributed by atoms with Gasteiger partial charge in [-0.3, -0.25) is 9.48 Å². The molecule has 0 bridgehead atoms. The van der Waals surface area contributed by atoms with E-state index in [1.165, 1.54) is 0 Å². The molecule has 3 rings (SSSR count). The van der Waals surface area contributed by atoms with Crippen molar-refractivity contribution in [2.24, 2.45) is 7.05 Å². The van der Waals surface area contributed by atoms with Crippen molar-refractivity contribution in [3.8, 4) is 5.75 Å². The first kappa shape index (κ1) is 17.7. The van der Waals surface area contributed by atoms with Crippen LogP contribution in [-0.2, 0) is 20.3 Å². The average molecular weight is 353 g/mol. The average Bonchev–Trinajstić information content (AvgIpc) is 3.20. The van der Waals surface area contributed by atoms with Crippen molar-refractivity contribution in [3.63, 3.8) is 0 Å². The molecule has 0 radical (unpaired) electrons. The third-order valence-corrected chi connectivity index (χ3v) is 4.18. The van der Waals surface area contributed by atoms with Gasteiger partial charge in [0.15, 0.2) is 12.4 Å². The normalized spacial score (nSPS) is 10.8. The summed E-state index contributed by atoms with van der Waals surface area (Å²) in [7, 11) is 3.63. The zero-order valence-corrected chi connectivity index (χ0v) is 15.5. The van der Waals surface area contributed by atoms with Gasteiger partial charge in [0, 0.05) is 38.6 Å². The van der Waals surface area contributed by atoms with Crippen LogP contribution >= 0.6 is 0 Å². The second kappa shape index (κ2) is 7.43. The maximum Gasteiger partial charge on any atom is 0.274 e. The molecule has 1 amide bonds. The minimum atomic E-state index is -0.136. The fraction of sp³-hybridized carbons (Fsp3) is 0.316. The molecular formula is C19H23N5O2. The van der Waals surface area contributed by atoms with Gasteiger partial charge in [0.2, 0.25) is 0 Å². The van der Waals surface area contributed by atoms with Crippen molar-refractivity contribution in [1.29, 1.82) is 0 Å². The van der Waals surface area contributed by atoms with E-state index in [0.29, 0.717) is 12.2 Å². The highest BCUT2D eigenvalue weighted by atomic mass is 16.5. The van der Waals surface area contributed by atoms with Crippen LogP contribution in [-0.4, -0.2) is 37.4 Å². The number of carbonyl (C=O) groups is 1. The highest BCUT2D eigenvalue weighted by Crippen LogP contribution is 2.16. The predicted octanol–water partition coefficient (Wildman–Crippen LogP) is 2.54. The largest absolute Gasteiger partial charge is 0.471 e. The Morgan fingerprint density at radius 2 is 1.96 bits per heavy atom. The van der Waals surface area contributed by atoms with Gasteiger partial charge in [0.25, 0.3) is 5.91 Å². The van der Waals surface area contributed by atoms with Crippen molar-refractivity contribution in [1.82, 2.24) is 24.5 Å². The number of para-hydroxylation sites is 1. The van der Waals surface area contributed by atoms with Gasteiger partial charge in [0.1, 0.15) is 5.75 Å². The molecule has 1 aromatic carbocycles. The molecule has 26 heavy (non-hydrogen) atoms. The number of benzene rings is 1. The SMILES string of the molecule is Cc1ccccc1OCn1ccc(C(=O)N(C)Cc2cn(C)nc2C)n1. The van der Waals surface area contributed by atoms with E-state index in [0.717, 1.165) is 22.6 Å². The summed E-state index contributed by atoms with van der Waals surface area (Å²) >= 11 is 0. The molecule has 2 heterocycles. The first-order valence-electron chi connectivity index (χ1n) is 8.40. The van der Waals surface area contributed by atoms with Crippen LogP contribution in [0.3, 0.4) is 0 Å². The molecule has 136 valence electrons. The van der Waals surface area contributed by atoms with Gasteiger partial charge < -0.3 is 9.64 Å². The van der Waals surface area contributed by atoms with E-state index >= 15 is 0 Å². The zero-order valence-electron chi connectivity index (χ0n) is 15.5. The number of hydrogen-bond acceptors (Lipinski definition) is 4. The summed E-state index contributed by atoms with van der Waals surface area (Å²) in [5.74, 6) is 0.669. The van der Waals surface area contributed by atoms with Crippen molar-refractivity contribution in [3.05, 3.63) is 65.2 Å². The van der Waals surface area contributed by atoms with Gasteiger partial charge in [0.05, 0.1) is 5.69 Å². The highest BCUT2D eigenvalue weighted by Gasteiger charge is 2.17. The number of ether oxygens (including phenoxy) is 1. The van der Waals surface area contributed by atoms with Crippen LogP contribution in [0.25, 0.3) is 0 Å². The van der Waals surface area contributed by atoms with Gasteiger partial charge >= 0.3 is 0 Å². The third-order valence-electron chi connectivity index (χ3n) is 4.18. The lowest BCUT2D eigenvalue weighted by Gasteiger charge is -2.15. The van der Waals surface area contributed by atoms with Gasteiger partial charge in [-0.15, -0.1) is 0 Å². The minimum Gasteiger partial charge on any atom is -0.471 e. The fourth-order valence-corrected chi connectivity index (χ4v) is 2.73. The number of amides is 1. The third kappa shape index (κ3) is 3.93. The van der Waals surface area contributed by atoms with Crippen LogP contribution in [0, 0.1) is 13.8 Å². The highest BCUT2D eigenvalue weighted by molar-refractivity contribution is 5.91. The molecule has 0 unspecified atom stereocenters. The van der Waals surface area contributed by atoms with Gasteiger partial charge in [-0.25, -0.2) is 4.68 Å². The maximum absolute atomic E-state index is 12.6. The Labute approximate surface area is 152 Å². The van der Waals surface area contributed by atoms with Crippen LogP contribution in [0.1, 0.15) is 27.3 Å². The Hall–Kier alpha value is -3.09. The smallest absolute Gasteiger partial charge is 0.274 e. The summed E-state index contributed by atoms with van der Waals surface area (Å²) < 4.78 is 9.12. The molecule has 7 heteroatoms. The van der Waals surface area contributed by atoms with E-state index in [9.17, 15) is 4.79 Å². The molecule has 2 aromatic heterocycles.